The lowest BCUT2D eigenvalue weighted by Gasteiger charge is -2.34. The number of piperazine rings is 1. The summed E-state index contributed by atoms with van der Waals surface area (Å²) < 4.78 is 39.9. The van der Waals surface area contributed by atoms with E-state index in [1.807, 2.05) is 28.8 Å². The molecular formula is C17H17F3N6OS. The van der Waals surface area contributed by atoms with Crippen LogP contribution in [0.3, 0.4) is 0 Å². The van der Waals surface area contributed by atoms with E-state index in [9.17, 15) is 18.0 Å². The zero-order valence-corrected chi connectivity index (χ0v) is 15.6. The van der Waals surface area contributed by atoms with Crippen molar-refractivity contribution in [3.8, 4) is 0 Å². The molecule has 3 aromatic rings. The predicted molar refractivity (Wildman–Crippen MR) is 98.1 cm³/mol. The number of anilines is 1. The Kier molecular flexibility index (Phi) is 4.92. The van der Waals surface area contributed by atoms with Crippen LogP contribution in [0.4, 0.5) is 18.3 Å². The third kappa shape index (κ3) is 3.79. The number of halogens is 3. The van der Waals surface area contributed by atoms with E-state index < -0.39 is 11.2 Å². The largest absolute Gasteiger partial charge is 0.445 e. The van der Waals surface area contributed by atoms with Crippen molar-refractivity contribution in [3.63, 3.8) is 0 Å². The van der Waals surface area contributed by atoms with Crippen LogP contribution < -0.4 is 4.90 Å². The Morgan fingerprint density at radius 1 is 1.11 bits per heavy atom. The molecule has 1 saturated heterocycles. The number of imidazole rings is 1. The topological polar surface area (TPSA) is 67.2 Å². The van der Waals surface area contributed by atoms with E-state index in [0.29, 0.717) is 50.5 Å². The third-order valence-electron chi connectivity index (χ3n) is 4.65. The second-order valence-corrected chi connectivity index (χ2v) is 7.39. The lowest BCUT2D eigenvalue weighted by atomic mass is 10.2. The predicted octanol–water partition coefficient (Wildman–Crippen LogP) is 2.65. The molecule has 7 nitrogen and oxygen atoms in total. The molecule has 1 aliphatic heterocycles. The van der Waals surface area contributed by atoms with Gasteiger partial charge < -0.3 is 14.4 Å². The van der Waals surface area contributed by atoms with Crippen LogP contribution in [0, 0.1) is 0 Å². The number of carbonyl (C=O) groups is 1. The van der Waals surface area contributed by atoms with Crippen LogP contribution in [-0.2, 0) is 17.5 Å². The number of aromatic nitrogens is 4. The Hall–Kier alpha value is -2.69. The number of para-hydroxylation sites is 2. The molecule has 0 aliphatic carbocycles. The first kappa shape index (κ1) is 18.7. The van der Waals surface area contributed by atoms with Crippen LogP contribution in [-0.4, -0.2) is 56.7 Å². The molecule has 0 radical (unpaired) electrons. The smallest absolute Gasteiger partial charge is 0.343 e. The summed E-state index contributed by atoms with van der Waals surface area (Å²) in [6, 6.07) is 7.73. The van der Waals surface area contributed by atoms with Gasteiger partial charge in [0.2, 0.25) is 16.0 Å². The van der Waals surface area contributed by atoms with Gasteiger partial charge in [-0.2, -0.15) is 13.2 Å². The summed E-state index contributed by atoms with van der Waals surface area (Å²) in [4.78, 5) is 20.3. The highest BCUT2D eigenvalue weighted by molar-refractivity contribution is 7.15. The molecule has 0 unspecified atom stereocenters. The number of aryl methyl sites for hydroxylation is 1. The van der Waals surface area contributed by atoms with E-state index in [2.05, 4.69) is 15.2 Å². The van der Waals surface area contributed by atoms with Crippen LogP contribution in [0.2, 0.25) is 0 Å². The fourth-order valence-corrected chi connectivity index (χ4v) is 3.93. The average Bonchev–Trinajstić information content (AvgIpc) is 3.34. The Bertz CT molecular complexity index is 977. The van der Waals surface area contributed by atoms with Crippen LogP contribution in [0.15, 0.2) is 30.6 Å². The Balaban J connectivity index is 1.31. The van der Waals surface area contributed by atoms with E-state index in [0.717, 1.165) is 11.0 Å². The Labute approximate surface area is 162 Å². The number of hydrogen-bond donors (Lipinski definition) is 0. The molecule has 1 aliphatic rings. The molecule has 11 heteroatoms. The van der Waals surface area contributed by atoms with Gasteiger partial charge in [0.25, 0.3) is 0 Å². The molecule has 0 spiro atoms. The number of nitrogens with zero attached hydrogens (tertiary/aromatic N) is 6. The van der Waals surface area contributed by atoms with E-state index >= 15 is 0 Å². The number of rotatable bonds is 4. The summed E-state index contributed by atoms with van der Waals surface area (Å²) in [6.07, 6.45) is -2.41. The van der Waals surface area contributed by atoms with E-state index in [1.165, 1.54) is 0 Å². The van der Waals surface area contributed by atoms with Gasteiger partial charge in [0.15, 0.2) is 0 Å². The quantitative estimate of drug-likeness (QED) is 0.662. The standard InChI is InChI=1S/C17H17F3N6OS/c18-17(19,20)15-22-23-16(28-15)25-9-7-24(8-10-25)14(27)5-6-26-11-21-12-3-1-2-4-13(12)26/h1-4,11H,5-10H2. The van der Waals surface area contributed by atoms with Crippen molar-refractivity contribution in [2.24, 2.45) is 0 Å². The second-order valence-electron chi connectivity index (χ2n) is 6.43. The van der Waals surface area contributed by atoms with Crippen LogP contribution in [0.5, 0.6) is 0 Å². The molecule has 0 atom stereocenters. The lowest BCUT2D eigenvalue weighted by molar-refractivity contribution is -0.138. The minimum absolute atomic E-state index is 0.0191. The van der Waals surface area contributed by atoms with Gasteiger partial charge in [0.05, 0.1) is 17.4 Å². The Morgan fingerprint density at radius 3 is 2.57 bits per heavy atom. The minimum Gasteiger partial charge on any atom is -0.343 e. The summed E-state index contributed by atoms with van der Waals surface area (Å²) in [5.41, 5.74) is 1.87. The van der Waals surface area contributed by atoms with Gasteiger partial charge in [0, 0.05) is 39.1 Å². The highest BCUT2D eigenvalue weighted by Gasteiger charge is 2.36. The molecule has 2 aromatic heterocycles. The van der Waals surface area contributed by atoms with E-state index in [4.69, 9.17) is 0 Å². The lowest BCUT2D eigenvalue weighted by Crippen LogP contribution is -2.49. The van der Waals surface area contributed by atoms with Crippen molar-refractivity contribution in [2.45, 2.75) is 19.1 Å². The monoisotopic (exact) mass is 410 g/mol. The van der Waals surface area contributed by atoms with Gasteiger partial charge in [-0.25, -0.2) is 4.98 Å². The fourth-order valence-electron chi connectivity index (χ4n) is 3.17. The SMILES string of the molecule is O=C(CCn1cnc2ccccc21)N1CCN(c2nnc(C(F)(F)F)s2)CC1. The molecule has 1 amide bonds. The molecule has 0 saturated carbocycles. The molecule has 3 heterocycles. The first-order valence-corrected chi connectivity index (χ1v) is 9.57. The minimum atomic E-state index is -4.48. The van der Waals surface area contributed by atoms with Crippen LogP contribution >= 0.6 is 11.3 Å². The molecule has 0 N–H and O–H groups in total. The van der Waals surface area contributed by atoms with Crippen molar-refractivity contribution in [2.75, 3.05) is 31.1 Å². The number of amides is 1. The number of fused-ring (bicyclic) bond motifs is 1. The number of alkyl halides is 3. The normalized spacial score (nSPS) is 15.4. The first-order valence-electron chi connectivity index (χ1n) is 8.75. The molecule has 0 bridgehead atoms. The van der Waals surface area contributed by atoms with Gasteiger partial charge >= 0.3 is 6.18 Å². The van der Waals surface area contributed by atoms with Crippen molar-refractivity contribution in [1.82, 2.24) is 24.6 Å². The maximum Gasteiger partial charge on any atom is 0.445 e. The summed E-state index contributed by atoms with van der Waals surface area (Å²) in [5, 5.41) is 6.14. The molecule has 1 fully saturated rings. The van der Waals surface area contributed by atoms with Crippen LogP contribution in [0.1, 0.15) is 11.4 Å². The summed E-state index contributed by atoms with van der Waals surface area (Å²) in [6.45, 7) is 2.30. The maximum atomic E-state index is 12.7. The maximum absolute atomic E-state index is 12.7. The van der Waals surface area contributed by atoms with Crippen molar-refractivity contribution < 1.29 is 18.0 Å². The van der Waals surface area contributed by atoms with Crippen molar-refractivity contribution >= 4 is 33.4 Å². The zero-order chi connectivity index (χ0) is 19.7. The van der Waals surface area contributed by atoms with Gasteiger partial charge in [-0.15, -0.1) is 10.2 Å². The molecule has 1 aromatic carbocycles. The third-order valence-corrected chi connectivity index (χ3v) is 5.68. The summed E-state index contributed by atoms with van der Waals surface area (Å²) in [5.74, 6) is 0.0191. The number of hydrogen-bond acceptors (Lipinski definition) is 6. The van der Waals surface area contributed by atoms with Crippen molar-refractivity contribution in [3.05, 3.63) is 35.6 Å². The zero-order valence-electron chi connectivity index (χ0n) is 14.8. The van der Waals surface area contributed by atoms with E-state index in [1.54, 1.807) is 16.1 Å². The highest BCUT2D eigenvalue weighted by atomic mass is 32.1. The highest BCUT2D eigenvalue weighted by Crippen LogP contribution is 2.34. The first-order chi connectivity index (χ1) is 13.4. The number of carbonyl (C=O) groups excluding carboxylic acids is 1. The number of benzene rings is 1. The fraction of sp³-hybridized carbons (Fsp3) is 0.412. The molecule has 28 heavy (non-hydrogen) atoms. The molecular weight excluding hydrogens is 393 g/mol. The van der Waals surface area contributed by atoms with Gasteiger partial charge in [-0.05, 0) is 12.1 Å². The van der Waals surface area contributed by atoms with Gasteiger partial charge in [-0.3, -0.25) is 4.79 Å². The Morgan fingerprint density at radius 2 is 1.86 bits per heavy atom. The second kappa shape index (κ2) is 7.38. The van der Waals surface area contributed by atoms with Crippen molar-refractivity contribution in [1.29, 1.82) is 0 Å². The van der Waals surface area contributed by atoms with Gasteiger partial charge in [-0.1, -0.05) is 23.5 Å². The van der Waals surface area contributed by atoms with Crippen LogP contribution in [0.25, 0.3) is 11.0 Å². The molecule has 148 valence electrons. The summed E-state index contributed by atoms with van der Waals surface area (Å²) in [7, 11) is 0. The average molecular weight is 410 g/mol. The van der Waals surface area contributed by atoms with Gasteiger partial charge in [0.1, 0.15) is 0 Å². The molecule has 4 rings (SSSR count). The van der Waals surface area contributed by atoms with E-state index in [-0.39, 0.29) is 11.0 Å². The summed E-state index contributed by atoms with van der Waals surface area (Å²) >= 11 is 0.531.